The monoisotopic (exact) mass is 449 g/mol. The van der Waals surface area contributed by atoms with Crippen LogP contribution in [0.1, 0.15) is 56.0 Å². The van der Waals surface area contributed by atoms with Crippen LogP contribution in [0.5, 0.6) is 0 Å². The Morgan fingerprint density at radius 2 is 1.93 bits per heavy atom. The average Bonchev–Trinajstić information content (AvgIpc) is 3.62. The first-order valence-electron chi connectivity index (χ1n) is 10.1. The molecule has 1 atom stereocenters. The molecule has 1 heterocycles. The van der Waals surface area contributed by atoms with Crippen LogP contribution in [0.3, 0.4) is 0 Å². The van der Waals surface area contributed by atoms with Crippen molar-refractivity contribution in [2.75, 3.05) is 19.4 Å². The molecule has 162 valence electrons. The standard InChI is InChI=1S/C20H27N5O3S2/c1-12-5-10-16(30(27,28)24(3)4)11-17(12)21-19(26)13(2)29-20-23-22-18(14-6-7-14)25(20)15-8-9-15/h5,10-11,13-15H,6-9H2,1-4H3,(H,21,26). The van der Waals surface area contributed by atoms with E-state index in [4.69, 9.17) is 0 Å². The Balaban J connectivity index is 1.50. The summed E-state index contributed by atoms with van der Waals surface area (Å²) in [7, 11) is -0.605. The molecule has 0 radical (unpaired) electrons. The van der Waals surface area contributed by atoms with Gasteiger partial charge in [-0.2, -0.15) is 0 Å². The number of benzene rings is 1. The number of hydrogen-bond acceptors (Lipinski definition) is 6. The lowest BCUT2D eigenvalue weighted by Crippen LogP contribution is -2.25. The van der Waals surface area contributed by atoms with Crippen molar-refractivity contribution in [3.8, 4) is 0 Å². The van der Waals surface area contributed by atoms with Gasteiger partial charge < -0.3 is 9.88 Å². The van der Waals surface area contributed by atoms with Crippen molar-refractivity contribution in [1.82, 2.24) is 19.1 Å². The van der Waals surface area contributed by atoms with Gasteiger partial charge in [-0.25, -0.2) is 12.7 Å². The summed E-state index contributed by atoms with van der Waals surface area (Å²) in [5.74, 6) is 1.38. The van der Waals surface area contributed by atoms with Gasteiger partial charge in [0, 0.05) is 31.7 Å². The zero-order valence-corrected chi connectivity index (χ0v) is 19.3. The van der Waals surface area contributed by atoms with Gasteiger partial charge in [-0.1, -0.05) is 17.8 Å². The predicted molar refractivity (Wildman–Crippen MR) is 116 cm³/mol. The second kappa shape index (κ2) is 7.97. The average molecular weight is 450 g/mol. The molecular weight excluding hydrogens is 422 g/mol. The first-order chi connectivity index (χ1) is 14.2. The fourth-order valence-corrected chi connectivity index (χ4v) is 5.07. The van der Waals surface area contributed by atoms with Crippen LogP contribution in [0.4, 0.5) is 5.69 Å². The van der Waals surface area contributed by atoms with Crippen molar-refractivity contribution in [2.24, 2.45) is 0 Å². The highest BCUT2D eigenvalue weighted by Crippen LogP contribution is 2.46. The third kappa shape index (κ3) is 4.26. The Morgan fingerprint density at radius 1 is 1.23 bits per heavy atom. The van der Waals surface area contributed by atoms with Crippen molar-refractivity contribution >= 4 is 33.4 Å². The molecule has 10 heteroatoms. The van der Waals surface area contributed by atoms with Gasteiger partial charge in [0.2, 0.25) is 15.9 Å². The maximum absolute atomic E-state index is 12.9. The van der Waals surface area contributed by atoms with Crippen LogP contribution in [0.15, 0.2) is 28.3 Å². The van der Waals surface area contributed by atoms with Gasteiger partial charge in [0.15, 0.2) is 5.16 Å². The number of anilines is 1. The first kappa shape index (κ1) is 21.3. The van der Waals surface area contributed by atoms with Gasteiger partial charge in [-0.15, -0.1) is 10.2 Å². The van der Waals surface area contributed by atoms with E-state index >= 15 is 0 Å². The summed E-state index contributed by atoms with van der Waals surface area (Å²) in [4.78, 5) is 13.0. The number of carbonyl (C=O) groups excluding carboxylic acids is 1. The topological polar surface area (TPSA) is 97.2 Å². The Bertz CT molecular complexity index is 1070. The molecule has 2 aliphatic rings. The number of carbonyl (C=O) groups is 1. The molecule has 1 amide bonds. The molecule has 0 bridgehead atoms. The van der Waals surface area contributed by atoms with Crippen LogP contribution in [0.2, 0.25) is 0 Å². The number of rotatable bonds is 8. The summed E-state index contributed by atoms with van der Waals surface area (Å²) < 4.78 is 28.2. The van der Waals surface area contributed by atoms with Crippen molar-refractivity contribution in [3.05, 3.63) is 29.6 Å². The summed E-state index contributed by atoms with van der Waals surface area (Å²) >= 11 is 1.40. The maximum Gasteiger partial charge on any atom is 0.242 e. The van der Waals surface area contributed by atoms with Gasteiger partial charge in [-0.05, 0) is 57.2 Å². The Labute approximate surface area is 181 Å². The highest BCUT2D eigenvalue weighted by molar-refractivity contribution is 8.00. The van der Waals surface area contributed by atoms with Crippen molar-refractivity contribution in [2.45, 2.75) is 66.8 Å². The first-order valence-corrected chi connectivity index (χ1v) is 12.5. The molecule has 0 aliphatic heterocycles. The molecule has 0 saturated heterocycles. The number of aromatic nitrogens is 3. The van der Waals surface area contributed by atoms with Crippen LogP contribution in [0, 0.1) is 6.92 Å². The molecule has 1 unspecified atom stereocenters. The number of sulfonamides is 1. The molecule has 30 heavy (non-hydrogen) atoms. The normalized spacial score (nSPS) is 17.9. The quantitative estimate of drug-likeness (QED) is 0.622. The number of nitrogens with zero attached hydrogens (tertiary/aromatic N) is 4. The fraction of sp³-hybridized carbons (Fsp3) is 0.550. The summed E-state index contributed by atoms with van der Waals surface area (Å²) in [5.41, 5.74) is 1.30. The largest absolute Gasteiger partial charge is 0.325 e. The number of hydrogen-bond donors (Lipinski definition) is 1. The number of aryl methyl sites for hydroxylation is 1. The van der Waals surface area contributed by atoms with Crippen LogP contribution in [-0.2, 0) is 14.8 Å². The van der Waals surface area contributed by atoms with E-state index in [0.29, 0.717) is 17.6 Å². The molecule has 1 aromatic carbocycles. The molecule has 1 aromatic heterocycles. The molecule has 4 rings (SSSR count). The summed E-state index contributed by atoms with van der Waals surface area (Å²) in [5, 5.41) is 12.0. The van der Waals surface area contributed by atoms with Crippen molar-refractivity contribution in [3.63, 3.8) is 0 Å². The Hall–Kier alpha value is -1.91. The van der Waals surface area contributed by atoms with E-state index in [1.165, 1.54) is 31.9 Å². The van der Waals surface area contributed by atoms with Gasteiger partial charge in [-0.3, -0.25) is 4.79 Å². The highest BCUT2D eigenvalue weighted by Gasteiger charge is 2.37. The van der Waals surface area contributed by atoms with Crippen LogP contribution >= 0.6 is 11.8 Å². The van der Waals surface area contributed by atoms with Gasteiger partial charge >= 0.3 is 0 Å². The fourth-order valence-electron chi connectivity index (χ4n) is 3.22. The minimum Gasteiger partial charge on any atom is -0.325 e. The van der Waals surface area contributed by atoms with Gasteiger partial charge in [0.25, 0.3) is 0 Å². The van der Waals surface area contributed by atoms with Crippen molar-refractivity contribution < 1.29 is 13.2 Å². The summed E-state index contributed by atoms with van der Waals surface area (Å²) in [6.45, 7) is 3.67. The van der Waals surface area contributed by atoms with Crippen LogP contribution in [-0.4, -0.2) is 52.7 Å². The molecule has 2 saturated carbocycles. The summed E-state index contributed by atoms with van der Waals surface area (Å²) in [6, 6.07) is 5.23. The van der Waals surface area contributed by atoms with Gasteiger partial charge in [0.05, 0.1) is 10.1 Å². The SMILES string of the molecule is Cc1ccc(S(=O)(=O)N(C)C)cc1NC(=O)C(C)Sc1nnc(C2CC2)n1C1CC1. The smallest absolute Gasteiger partial charge is 0.242 e. The van der Waals surface area contributed by atoms with Crippen LogP contribution < -0.4 is 5.32 Å². The number of amides is 1. The zero-order valence-electron chi connectivity index (χ0n) is 17.6. The lowest BCUT2D eigenvalue weighted by Gasteiger charge is -2.16. The lowest BCUT2D eigenvalue weighted by molar-refractivity contribution is -0.115. The molecule has 1 N–H and O–H groups in total. The van der Waals surface area contributed by atoms with E-state index in [9.17, 15) is 13.2 Å². The molecular formula is C20H27N5O3S2. The Morgan fingerprint density at radius 3 is 2.53 bits per heavy atom. The molecule has 8 nitrogen and oxygen atoms in total. The van der Waals surface area contributed by atoms with E-state index in [-0.39, 0.29) is 10.8 Å². The third-order valence-corrected chi connectivity index (χ3v) is 8.31. The van der Waals surface area contributed by atoms with Gasteiger partial charge in [0.1, 0.15) is 5.82 Å². The Kier molecular flexibility index (Phi) is 5.67. The predicted octanol–water partition coefficient (Wildman–Crippen LogP) is 3.17. The minimum absolute atomic E-state index is 0.149. The lowest BCUT2D eigenvalue weighted by atomic mass is 10.2. The van der Waals surface area contributed by atoms with Crippen molar-refractivity contribution in [1.29, 1.82) is 0 Å². The van der Waals surface area contributed by atoms with Crippen LogP contribution in [0.25, 0.3) is 0 Å². The van der Waals surface area contributed by atoms with E-state index in [0.717, 1.165) is 46.5 Å². The second-order valence-electron chi connectivity index (χ2n) is 8.23. The van der Waals surface area contributed by atoms with E-state index in [1.54, 1.807) is 12.1 Å². The summed E-state index contributed by atoms with van der Waals surface area (Å²) in [6.07, 6.45) is 4.60. The molecule has 0 spiro atoms. The molecule has 2 aromatic rings. The second-order valence-corrected chi connectivity index (χ2v) is 11.7. The van der Waals surface area contributed by atoms with E-state index in [2.05, 4.69) is 20.1 Å². The minimum atomic E-state index is -3.57. The van der Waals surface area contributed by atoms with E-state index in [1.807, 2.05) is 13.8 Å². The maximum atomic E-state index is 12.9. The third-order valence-electron chi connectivity index (χ3n) is 5.44. The zero-order chi connectivity index (χ0) is 21.6. The highest BCUT2D eigenvalue weighted by atomic mass is 32.2. The van der Waals surface area contributed by atoms with E-state index < -0.39 is 15.3 Å². The number of thioether (sulfide) groups is 1. The molecule has 2 aliphatic carbocycles. The molecule has 2 fully saturated rings. The number of nitrogens with one attached hydrogen (secondary N) is 1.